The molecule has 0 aromatic carbocycles. The number of nitrogens with one attached hydrogen (secondary N) is 1. The number of anilines is 1. The van der Waals surface area contributed by atoms with Crippen LogP contribution in [0.25, 0.3) is 16.9 Å². The molecule has 0 amide bonds. The van der Waals surface area contributed by atoms with Crippen LogP contribution in [0, 0.1) is 0 Å². The Morgan fingerprint density at radius 3 is 3.00 bits per heavy atom. The molecule has 3 heterocycles. The minimum absolute atomic E-state index is 0.593. The van der Waals surface area contributed by atoms with E-state index in [4.69, 9.17) is 15.8 Å². The van der Waals surface area contributed by atoms with Gasteiger partial charge < -0.3 is 11.1 Å². The second-order valence-corrected chi connectivity index (χ2v) is 5.85. The van der Waals surface area contributed by atoms with E-state index in [1.165, 1.54) is 24.1 Å². The minimum atomic E-state index is 0.593. The molecule has 3 aromatic rings. The zero-order chi connectivity index (χ0) is 15.6. The maximum atomic E-state index is 5.68. The third-order valence-electron chi connectivity index (χ3n) is 4.27. The first-order chi connectivity index (χ1) is 11.4. The summed E-state index contributed by atoms with van der Waals surface area (Å²) in [4.78, 5) is 9.02. The smallest absolute Gasteiger partial charge is 0.158 e. The first-order valence-electron chi connectivity index (χ1n) is 8.12. The van der Waals surface area contributed by atoms with Gasteiger partial charge in [-0.2, -0.15) is 9.61 Å². The molecule has 0 aliphatic heterocycles. The van der Waals surface area contributed by atoms with Crippen LogP contribution >= 0.6 is 0 Å². The fourth-order valence-electron chi connectivity index (χ4n) is 3.18. The van der Waals surface area contributed by atoms with Crippen LogP contribution in [0.1, 0.15) is 24.1 Å². The summed E-state index contributed by atoms with van der Waals surface area (Å²) >= 11 is 0. The van der Waals surface area contributed by atoms with Crippen LogP contribution in [0.15, 0.2) is 30.6 Å². The number of hydrogen-bond acceptors (Lipinski definition) is 5. The molecule has 6 nitrogen and oxygen atoms in total. The molecular formula is C17H20N6. The van der Waals surface area contributed by atoms with Gasteiger partial charge in [-0.05, 0) is 37.8 Å². The number of aryl methyl sites for hydroxylation is 1. The number of aromatic nitrogens is 4. The molecule has 3 N–H and O–H groups in total. The van der Waals surface area contributed by atoms with Gasteiger partial charge in [-0.3, -0.25) is 4.98 Å². The molecule has 1 aliphatic carbocycles. The SMILES string of the molecule is NCCNc1c2c(nc3cc(-c4cccnc4)nn13)CCCC2. The first-order valence-corrected chi connectivity index (χ1v) is 8.12. The molecule has 0 saturated carbocycles. The average molecular weight is 308 g/mol. The standard InChI is InChI=1S/C17H20N6/c18-7-9-20-17-13-5-1-2-6-14(13)21-16-10-15(22-23(16)17)12-4-3-8-19-11-12/h3-4,8,10-11,20H,1-2,5-7,9,18H2. The van der Waals surface area contributed by atoms with Gasteiger partial charge in [-0.25, -0.2) is 4.98 Å². The number of hydrogen-bond donors (Lipinski definition) is 2. The Hall–Kier alpha value is -2.47. The van der Waals surface area contributed by atoms with E-state index in [1.807, 2.05) is 28.9 Å². The van der Waals surface area contributed by atoms with E-state index in [0.717, 1.165) is 42.1 Å². The predicted octanol–water partition coefficient (Wildman–Crippen LogP) is 2.04. The third kappa shape index (κ3) is 2.55. The van der Waals surface area contributed by atoms with Crippen LogP contribution < -0.4 is 11.1 Å². The molecule has 0 unspecified atom stereocenters. The zero-order valence-corrected chi connectivity index (χ0v) is 13.0. The number of nitrogens with zero attached hydrogens (tertiary/aromatic N) is 4. The quantitative estimate of drug-likeness (QED) is 0.771. The summed E-state index contributed by atoms with van der Waals surface area (Å²) in [5.41, 5.74) is 10.9. The van der Waals surface area contributed by atoms with Crippen LogP contribution in [0.3, 0.4) is 0 Å². The van der Waals surface area contributed by atoms with Crippen LogP contribution in [0.2, 0.25) is 0 Å². The van der Waals surface area contributed by atoms with Crippen molar-refractivity contribution in [3.63, 3.8) is 0 Å². The Kier molecular flexibility index (Phi) is 3.67. The van der Waals surface area contributed by atoms with Crippen LogP contribution in [0.5, 0.6) is 0 Å². The molecule has 0 saturated heterocycles. The summed E-state index contributed by atoms with van der Waals surface area (Å²) in [6.07, 6.45) is 8.09. The van der Waals surface area contributed by atoms with Gasteiger partial charge in [-0.1, -0.05) is 0 Å². The minimum Gasteiger partial charge on any atom is -0.368 e. The van der Waals surface area contributed by atoms with E-state index in [-0.39, 0.29) is 0 Å². The summed E-state index contributed by atoms with van der Waals surface area (Å²) in [6.45, 7) is 1.32. The van der Waals surface area contributed by atoms with Gasteiger partial charge in [-0.15, -0.1) is 0 Å². The summed E-state index contributed by atoms with van der Waals surface area (Å²) in [5, 5.41) is 8.20. The molecule has 3 aromatic heterocycles. The van der Waals surface area contributed by atoms with Gasteiger partial charge >= 0.3 is 0 Å². The number of nitrogens with two attached hydrogens (primary N) is 1. The Morgan fingerprint density at radius 2 is 2.17 bits per heavy atom. The Balaban J connectivity index is 1.89. The third-order valence-corrected chi connectivity index (χ3v) is 4.27. The molecule has 0 fully saturated rings. The van der Waals surface area contributed by atoms with Gasteiger partial charge in [0.15, 0.2) is 5.65 Å². The Bertz CT molecular complexity index is 824. The molecule has 0 bridgehead atoms. The monoisotopic (exact) mass is 308 g/mol. The molecule has 0 spiro atoms. The van der Waals surface area contributed by atoms with Crippen molar-refractivity contribution < 1.29 is 0 Å². The lowest BCUT2D eigenvalue weighted by molar-refractivity contribution is 0.661. The van der Waals surface area contributed by atoms with E-state index < -0.39 is 0 Å². The largest absolute Gasteiger partial charge is 0.368 e. The van der Waals surface area contributed by atoms with Crippen molar-refractivity contribution in [3.8, 4) is 11.3 Å². The van der Waals surface area contributed by atoms with Crippen molar-refractivity contribution in [1.82, 2.24) is 19.6 Å². The summed E-state index contributed by atoms with van der Waals surface area (Å²) in [6, 6.07) is 5.96. The molecule has 6 heteroatoms. The highest BCUT2D eigenvalue weighted by atomic mass is 15.3. The Labute approximate surface area is 134 Å². The van der Waals surface area contributed by atoms with Gasteiger partial charge in [0.2, 0.25) is 0 Å². The molecule has 4 rings (SSSR count). The van der Waals surface area contributed by atoms with Crippen LogP contribution in [0.4, 0.5) is 5.82 Å². The summed E-state index contributed by atoms with van der Waals surface area (Å²) in [7, 11) is 0. The molecule has 118 valence electrons. The highest BCUT2D eigenvalue weighted by Crippen LogP contribution is 2.29. The normalized spacial score (nSPS) is 14.0. The average Bonchev–Trinajstić information content (AvgIpc) is 3.03. The Morgan fingerprint density at radius 1 is 1.26 bits per heavy atom. The maximum absolute atomic E-state index is 5.68. The van der Waals surface area contributed by atoms with Crippen molar-refractivity contribution in [2.24, 2.45) is 5.73 Å². The van der Waals surface area contributed by atoms with Crippen molar-refractivity contribution in [3.05, 3.63) is 41.9 Å². The molecule has 1 aliphatic rings. The van der Waals surface area contributed by atoms with E-state index in [2.05, 4.69) is 10.3 Å². The van der Waals surface area contributed by atoms with E-state index >= 15 is 0 Å². The van der Waals surface area contributed by atoms with Crippen molar-refractivity contribution >= 4 is 11.5 Å². The predicted molar refractivity (Wildman–Crippen MR) is 90.4 cm³/mol. The summed E-state index contributed by atoms with van der Waals surface area (Å²) < 4.78 is 1.92. The van der Waals surface area contributed by atoms with E-state index in [9.17, 15) is 0 Å². The summed E-state index contributed by atoms with van der Waals surface area (Å²) in [5.74, 6) is 1.05. The number of pyridine rings is 1. The molecule has 0 radical (unpaired) electrons. The van der Waals surface area contributed by atoms with Gasteiger partial charge in [0, 0.05) is 48.4 Å². The fourth-order valence-corrected chi connectivity index (χ4v) is 3.18. The van der Waals surface area contributed by atoms with Gasteiger partial charge in [0.1, 0.15) is 5.82 Å². The molecule has 23 heavy (non-hydrogen) atoms. The lowest BCUT2D eigenvalue weighted by Crippen LogP contribution is -2.19. The van der Waals surface area contributed by atoms with Crippen molar-refractivity contribution in [1.29, 1.82) is 0 Å². The lowest BCUT2D eigenvalue weighted by Gasteiger charge is -2.20. The van der Waals surface area contributed by atoms with E-state index in [0.29, 0.717) is 6.54 Å². The highest BCUT2D eigenvalue weighted by molar-refractivity contribution is 5.66. The molecular weight excluding hydrogens is 288 g/mol. The maximum Gasteiger partial charge on any atom is 0.158 e. The van der Waals surface area contributed by atoms with Crippen LogP contribution in [-0.2, 0) is 12.8 Å². The zero-order valence-electron chi connectivity index (χ0n) is 13.0. The fraction of sp³-hybridized carbons (Fsp3) is 0.353. The van der Waals surface area contributed by atoms with Crippen LogP contribution in [-0.4, -0.2) is 32.7 Å². The van der Waals surface area contributed by atoms with E-state index in [1.54, 1.807) is 6.20 Å². The van der Waals surface area contributed by atoms with Crippen molar-refractivity contribution in [2.45, 2.75) is 25.7 Å². The van der Waals surface area contributed by atoms with Crippen molar-refractivity contribution in [2.75, 3.05) is 18.4 Å². The lowest BCUT2D eigenvalue weighted by atomic mass is 9.96. The van der Waals surface area contributed by atoms with Gasteiger partial charge in [0.25, 0.3) is 0 Å². The number of rotatable bonds is 4. The number of fused-ring (bicyclic) bond motifs is 2. The topological polar surface area (TPSA) is 81.1 Å². The van der Waals surface area contributed by atoms with Gasteiger partial charge in [0.05, 0.1) is 5.69 Å². The second-order valence-electron chi connectivity index (χ2n) is 5.85. The molecule has 0 atom stereocenters. The highest BCUT2D eigenvalue weighted by Gasteiger charge is 2.20. The first kappa shape index (κ1) is 14.1. The second kappa shape index (κ2) is 5.96.